The molecule has 0 unspecified atom stereocenters. The zero-order valence-electron chi connectivity index (χ0n) is 11.1. The minimum atomic E-state index is -0.988. The van der Waals surface area contributed by atoms with Gasteiger partial charge in [0.2, 0.25) is 0 Å². The highest BCUT2D eigenvalue weighted by Crippen LogP contribution is 2.23. The molecule has 1 aromatic heterocycles. The molecule has 2 heterocycles. The summed E-state index contributed by atoms with van der Waals surface area (Å²) in [6.07, 6.45) is 3.84. The van der Waals surface area contributed by atoms with Crippen LogP contribution in [0.1, 0.15) is 28.0 Å². The van der Waals surface area contributed by atoms with E-state index in [1.54, 1.807) is 12.3 Å². The van der Waals surface area contributed by atoms with E-state index in [4.69, 9.17) is 5.11 Å². The van der Waals surface area contributed by atoms with Gasteiger partial charge in [-0.2, -0.15) is 0 Å². The van der Waals surface area contributed by atoms with Crippen LogP contribution in [0, 0.1) is 0 Å². The van der Waals surface area contributed by atoms with Crippen molar-refractivity contribution in [2.24, 2.45) is 0 Å². The number of anilines is 1. The van der Waals surface area contributed by atoms with E-state index in [0.29, 0.717) is 0 Å². The molecule has 0 fully saturated rings. The van der Waals surface area contributed by atoms with Gasteiger partial charge in [-0.15, -0.1) is 0 Å². The number of hydrogen-bond donors (Lipinski definition) is 1. The van der Waals surface area contributed by atoms with Crippen LogP contribution in [0.2, 0.25) is 0 Å². The molecule has 0 saturated carbocycles. The summed E-state index contributed by atoms with van der Waals surface area (Å²) in [5.41, 5.74) is 3.81. The number of carboxylic acid groups (broad SMARTS) is 1. The highest BCUT2D eigenvalue weighted by Gasteiger charge is 2.15. The molecule has 2 aromatic rings. The van der Waals surface area contributed by atoms with Gasteiger partial charge < -0.3 is 10.0 Å². The summed E-state index contributed by atoms with van der Waals surface area (Å²) in [4.78, 5) is 17.1. The van der Waals surface area contributed by atoms with Gasteiger partial charge in [-0.1, -0.05) is 24.3 Å². The van der Waals surface area contributed by atoms with E-state index >= 15 is 0 Å². The molecule has 0 bridgehead atoms. The molecule has 1 aliphatic rings. The van der Waals surface area contributed by atoms with Crippen LogP contribution in [0.25, 0.3) is 0 Å². The number of benzene rings is 1. The van der Waals surface area contributed by atoms with Crippen molar-refractivity contribution < 1.29 is 9.90 Å². The van der Waals surface area contributed by atoms with Crippen molar-refractivity contribution >= 4 is 11.7 Å². The number of aromatic carboxylic acids is 1. The molecular formula is C16H16N2O2. The van der Waals surface area contributed by atoms with E-state index < -0.39 is 5.97 Å². The maximum Gasteiger partial charge on any atom is 0.354 e. The third kappa shape index (κ3) is 2.50. The smallest absolute Gasteiger partial charge is 0.354 e. The van der Waals surface area contributed by atoms with Gasteiger partial charge in [-0.25, -0.2) is 9.78 Å². The number of carbonyl (C=O) groups is 1. The second-order valence-corrected chi connectivity index (χ2v) is 5.00. The van der Waals surface area contributed by atoms with Crippen molar-refractivity contribution in [2.45, 2.75) is 19.4 Å². The molecule has 1 N–H and O–H groups in total. The molecule has 1 aliphatic heterocycles. The highest BCUT2D eigenvalue weighted by atomic mass is 16.4. The average molecular weight is 268 g/mol. The molecule has 0 spiro atoms. The van der Waals surface area contributed by atoms with Gasteiger partial charge in [0.1, 0.15) is 5.69 Å². The third-order valence-electron chi connectivity index (χ3n) is 3.69. The summed E-state index contributed by atoms with van der Waals surface area (Å²) in [5.74, 6) is -0.988. The van der Waals surface area contributed by atoms with Crippen molar-refractivity contribution in [3.63, 3.8) is 0 Å². The predicted octanol–water partition coefficient (Wildman–Crippen LogP) is 2.73. The van der Waals surface area contributed by atoms with Crippen molar-refractivity contribution in [2.75, 3.05) is 11.4 Å². The van der Waals surface area contributed by atoms with Gasteiger partial charge in [0, 0.05) is 13.1 Å². The first-order valence-corrected chi connectivity index (χ1v) is 6.75. The Morgan fingerprint density at radius 1 is 1.15 bits per heavy atom. The lowest BCUT2D eigenvalue weighted by Crippen LogP contribution is -2.22. The molecule has 4 nitrogen and oxygen atoms in total. The monoisotopic (exact) mass is 268 g/mol. The highest BCUT2D eigenvalue weighted by molar-refractivity contribution is 5.85. The Labute approximate surface area is 117 Å². The Hall–Kier alpha value is -2.36. The van der Waals surface area contributed by atoms with Crippen LogP contribution in [0.4, 0.5) is 5.69 Å². The minimum Gasteiger partial charge on any atom is -0.477 e. The minimum absolute atomic E-state index is 0.0870. The Morgan fingerprint density at radius 2 is 1.95 bits per heavy atom. The Kier molecular flexibility index (Phi) is 3.37. The molecule has 0 radical (unpaired) electrons. The maximum absolute atomic E-state index is 10.8. The first-order chi connectivity index (χ1) is 9.74. The topological polar surface area (TPSA) is 53.4 Å². The lowest BCUT2D eigenvalue weighted by atomic mass is 10.0. The second kappa shape index (κ2) is 5.33. The fourth-order valence-electron chi connectivity index (χ4n) is 2.62. The molecule has 0 saturated heterocycles. The first kappa shape index (κ1) is 12.7. The van der Waals surface area contributed by atoms with Crippen LogP contribution in [-0.2, 0) is 13.0 Å². The van der Waals surface area contributed by atoms with Crippen LogP contribution in [0.15, 0.2) is 42.6 Å². The predicted molar refractivity (Wildman–Crippen MR) is 77.0 cm³/mol. The molecule has 102 valence electrons. The number of rotatable bonds is 2. The first-order valence-electron chi connectivity index (χ1n) is 6.75. The number of fused-ring (bicyclic) bond motifs is 1. The average Bonchev–Trinajstić information content (AvgIpc) is 2.69. The van der Waals surface area contributed by atoms with Crippen molar-refractivity contribution in [3.8, 4) is 0 Å². The van der Waals surface area contributed by atoms with Gasteiger partial charge in [0.25, 0.3) is 0 Å². The van der Waals surface area contributed by atoms with E-state index in [1.807, 2.05) is 6.07 Å². The summed E-state index contributed by atoms with van der Waals surface area (Å²) in [6, 6.07) is 11.9. The van der Waals surface area contributed by atoms with E-state index in [1.165, 1.54) is 11.1 Å². The zero-order valence-corrected chi connectivity index (χ0v) is 11.1. The van der Waals surface area contributed by atoms with Gasteiger partial charge in [-0.3, -0.25) is 0 Å². The van der Waals surface area contributed by atoms with E-state index in [2.05, 4.69) is 34.1 Å². The summed E-state index contributed by atoms with van der Waals surface area (Å²) in [6.45, 7) is 1.81. The van der Waals surface area contributed by atoms with E-state index in [-0.39, 0.29) is 5.69 Å². The summed E-state index contributed by atoms with van der Waals surface area (Å²) in [7, 11) is 0. The van der Waals surface area contributed by atoms with Crippen LogP contribution < -0.4 is 4.90 Å². The fraction of sp³-hybridized carbons (Fsp3) is 0.250. The lowest BCUT2D eigenvalue weighted by Gasteiger charge is -2.22. The van der Waals surface area contributed by atoms with Gasteiger partial charge in [0.15, 0.2) is 0 Å². The number of aryl methyl sites for hydroxylation is 1. The molecule has 4 heteroatoms. The number of aromatic nitrogens is 1. The van der Waals surface area contributed by atoms with Crippen LogP contribution in [0.3, 0.4) is 0 Å². The van der Waals surface area contributed by atoms with E-state index in [9.17, 15) is 4.79 Å². The summed E-state index contributed by atoms with van der Waals surface area (Å²) >= 11 is 0. The number of carboxylic acids is 1. The molecule has 1 aromatic carbocycles. The van der Waals surface area contributed by atoms with Crippen molar-refractivity contribution in [3.05, 3.63) is 59.4 Å². The Bertz CT molecular complexity index is 623. The van der Waals surface area contributed by atoms with Gasteiger partial charge in [-0.05, 0) is 36.1 Å². The normalized spacial score (nSPS) is 14.5. The quantitative estimate of drug-likeness (QED) is 0.910. The largest absolute Gasteiger partial charge is 0.477 e. The van der Waals surface area contributed by atoms with Crippen LogP contribution in [0.5, 0.6) is 0 Å². The van der Waals surface area contributed by atoms with Gasteiger partial charge in [0.05, 0.1) is 11.9 Å². The number of nitrogens with zero attached hydrogens (tertiary/aromatic N) is 2. The Balaban J connectivity index is 1.85. The van der Waals surface area contributed by atoms with Crippen LogP contribution in [-0.4, -0.2) is 22.6 Å². The second-order valence-electron chi connectivity index (χ2n) is 5.00. The zero-order chi connectivity index (χ0) is 13.9. The van der Waals surface area contributed by atoms with E-state index in [0.717, 1.165) is 31.6 Å². The standard InChI is InChI=1S/C16H16N2O2/c19-16(20)15-8-7-14(10-17-15)18-9-3-6-12-4-1-2-5-13(12)11-18/h1-2,4-5,7-8,10H,3,6,9,11H2,(H,19,20). The fourth-order valence-corrected chi connectivity index (χ4v) is 2.62. The van der Waals surface area contributed by atoms with Crippen LogP contribution >= 0.6 is 0 Å². The molecule has 20 heavy (non-hydrogen) atoms. The Morgan fingerprint density at radius 3 is 2.65 bits per heavy atom. The van der Waals surface area contributed by atoms with Crippen molar-refractivity contribution in [1.29, 1.82) is 0 Å². The third-order valence-corrected chi connectivity index (χ3v) is 3.69. The van der Waals surface area contributed by atoms with Gasteiger partial charge >= 0.3 is 5.97 Å². The molecule has 0 atom stereocenters. The summed E-state index contributed by atoms with van der Waals surface area (Å²) in [5, 5.41) is 8.89. The molecular weight excluding hydrogens is 252 g/mol. The van der Waals surface area contributed by atoms with Crippen molar-refractivity contribution in [1.82, 2.24) is 4.98 Å². The summed E-state index contributed by atoms with van der Waals surface area (Å²) < 4.78 is 0. The lowest BCUT2D eigenvalue weighted by molar-refractivity contribution is 0.0690. The number of pyridine rings is 1. The molecule has 0 aliphatic carbocycles. The number of hydrogen-bond acceptors (Lipinski definition) is 3. The molecule has 0 amide bonds. The SMILES string of the molecule is O=C(O)c1ccc(N2CCCc3ccccc3C2)cn1. The maximum atomic E-state index is 10.8. The molecule has 3 rings (SSSR count).